The van der Waals surface area contributed by atoms with Crippen LogP contribution in [0.3, 0.4) is 0 Å². The van der Waals surface area contributed by atoms with Gasteiger partial charge in [0, 0.05) is 6.21 Å². The molecule has 2 heteroatoms. The Kier molecular flexibility index (Phi) is 6.86. The van der Waals surface area contributed by atoms with E-state index >= 15 is 0 Å². The molecule has 2 aromatic rings. The molecule has 0 N–H and O–H groups in total. The van der Waals surface area contributed by atoms with Gasteiger partial charge in [0.15, 0.2) is 0 Å². The Bertz CT molecular complexity index is 599. The van der Waals surface area contributed by atoms with E-state index in [0.29, 0.717) is 0 Å². The summed E-state index contributed by atoms with van der Waals surface area (Å²) in [5.74, 6) is 1.65. The lowest BCUT2D eigenvalue weighted by atomic mass is 9.99. The zero-order valence-corrected chi connectivity index (χ0v) is 14.5. The van der Waals surface area contributed by atoms with Crippen LogP contribution in [0.15, 0.2) is 53.5 Å². The second-order valence-corrected chi connectivity index (χ2v) is 6.06. The highest BCUT2D eigenvalue weighted by Crippen LogP contribution is 2.17. The molecule has 1 atom stereocenters. The fourth-order valence-electron chi connectivity index (χ4n) is 2.28. The van der Waals surface area contributed by atoms with E-state index in [9.17, 15) is 0 Å². The van der Waals surface area contributed by atoms with E-state index in [2.05, 4.69) is 50.0 Å². The molecule has 0 aliphatic heterocycles. The zero-order chi connectivity index (χ0) is 16.5. The Morgan fingerprint density at radius 3 is 2.30 bits per heavy atom. The molecule has 1 unspecified atom stereocenters. The van der Waals surface area contributed by atoms with Gasteiger partial charge in [-0.3, -0.25) is 4.99 Å². The minimum absolute atomic E-state index is 0.734. The van der Waals surface area contributed by atoms with Gasteiger partial charge in [-0.2, -0.15) is 0 Å². The summed E-state index contributed by atoms with van der Waals surface area (Å²) in [4.78, 5) is 4.54. The fourth-order valence-corrected chi connectivity index (χ4v) is 2.28. The lowest BCUT2D eigenvalue weighted by Gasteiger charge is -2.08. The largest absolute Gasteiger partial charge is 0.494 e. The Balaban J connectivity index is 1.94. The minimum atomic E-state index is 0.734. The van der Waals surface area contributed by atoms with Crippen molar-refractivity contribution in [2.75, 3.05) is 6.61 Å². The molecule has 0 amide bonds. The van der Waals surface area contributed by atoms with Crippen molar-refractivity contribution >= 4 is 11.9 Å². The first-order valence-electron chi connectivity index (χ1n) is 8.57. The van der Waals surface area contributed by atoms with Gasteiger partial charge in [0.25, 0.3) is 0 Å². The summed E-state index contributed by atoms with van der Waals surface area (Å²) in [5, 5.41) is 0. The molecule has 2 rings (SSSR count). The van der Waals surface area contributed by atoms with Crippen LogP contribution in [0.5, 0.6) is 5.75 Å². The molecule has 23 heavy (non-hydrogen) atoms. The standard InChI is InChI=1S/C21H27NO/c1-4-14-23-21-12-8-19(9-13-21)16-22-20-10-6-18(7-11-20)15-17(3)5-2/h6-13,16-17H,4-5,14-15H2,1-3H3. The summed E-state index contributed by atoms with van der Waals surface area (Å²) >= 11 is 0. The van der Waals surface area contributed by atoms with Crippen molar-refractivity contribution in [2.45, 2.75) is 40.0 Å². The first-order chi connectivity index (χ1) is 11.2. The maximum absolute atomic E-state index is 5.58. The SMILES string of the molecule is CCCOc1ccc(C=Nc2ccc(CC(C)CC)cc2)cc1. The van der Waals surface area contributed by atoms with Gasteiger partial charge < -0.3 is 4.74 Å². The van der Waals surface area contributed by atoms with Crippen LogP contribution in [0.4, 0.5) is 5.69 Å². The minimum Gasteiger partial charge on any atom is -0.494 e. The number of nitrogens with zero attached hydrogens (tertiary/aromatic N) is 1. The van der Waals surface area contributed by atoms with Gasteiger partial charge in [-0.15, -0.1) is 0 Å². The topological polar surface area (TPSA) is 21.6 Å². The van der Waals surface area contributed by atoms with Crippen LogP contribution in [0.2, 0.25) is 0 Å². The van der Waals surface area contributed by atoms with E-state index in [1.54, 1.807) is 0 Å². The van der Waals surface area contributed by atoms with Crippen LogP contribution < -0.4 is 4.74 Å². The average Bonchev–Trinajstić information content (AvgIpc) is 2.60. The maximum Gasteiger partial charge on any atom is 0.119 e. The predicted octanol–water partition coefficient (Wildman–Crippen LogP) is 5.81. The van der Waals surface area contributed by atoms with Crippen LogP contribution in [0, 0.1) is 5.92 Å². The average molecular weight is 309 g/mol. The summed E-state index contributed by atoms with van der Waals surface area (Å²) in [6, 6.07) is 16.6. The molecule has 0 radical (unpaired) electrons. The Hall–Kier alpha value is -2.09. The smallest absolute Gasteiger partial charge is 0.119 e. The fraction of sp³-hybridized carbons (Fsp3) is 0.381. The molecular formula is C21H27NO. The second kappa shape index (κ2) is 9.14. The highest BCUT2D eigenvalue weighted by atomic mass is 16.5. The van der Waals surface area contributed by atoms with Gasteiger partial charge in [-0.1, -0.05) is 39.3 Å². The normalized spacial score (nSPS) is 12.5. The van der Waals surface area contributed by atoms with Crippen molar-refractivity contribution in [3.05, 3.63) is 59.7 Å². The molecule has 2 nitrogen and oxygen atoms in total. The molecule has 0 saturated carbocycles. The van der Waals surface area contributed by atoms with Crippen LogP contribution in [0.25, 0.3) is 0 Å². The third-order valence-electron chi connectivity index (χ3n) is 3.93. The summed E-state index contributed by atoms with van der Waals surface area (Å²) < 4.78 is 5.58. The molecule has 0 aliphatic carbocycles. The summed E-state index contributed by atoms with van der Waals surface area (Å²) in [5.41, 5.74) is 3.46. The molecule has 0 heterocycles. The molecule has 0 aromatic heterocycles. The van der Waals surface area contributed by atoms with Crippen molar-refractivity contribution in [3.63, 3.8) is 0 Å². The first kappa shape index (κ1) is 17.3. The predicted molar refractivity (Wildman–Crippen MR) is 99.1 cm³/mol. The highest BCUT2D eigenvalue weighted by Gasteiger charge is 2.00. The molecule has 0 fully saturated rings. The number of hydrogen-bond donors (Lipinski definition) is 0. The van der Waals surface area contributed by atoms with Gasteiger partial charge in [-0.05, 0) is 66.3 Å². The Morgan fingerprint density at radius 1 is 1.00 bits per heavy atom. The van der Waals surface area contributed by atoms with Crippen LogP contribution in [-0.2, 0) is 6.42 Å². The van der Waals surface area contributed by atoms with Crippen molar-refractivity contribution in [3.8, 4) is 5.75 Å². The van der Waals surface area contributed by atoms with Crippen LogP contribution >= 0.6 is 0 Å². The number of aliphatic imine (C=N–C) groups is 1. The van der Waals surface area contributed by atoms with E-state index < -0.39 is 0 Å². The lowest BCUT2D eigenvalue weighted by molar-refractivity contribution is 0.317. The van der Waals surface area contributed by atoms with E-state index in [-0.39, 0.29) is 0 Å². The summed E-state index contributed by atoms with van der Waals surface area (Å²) in [7, 11) is 0. The first-order valence-corrected chi connectivity index (χ1v) is 8.57. The molecular weight excluding hydrogens is 282 g/mol. The van der Waals surface area contributed by atoms with Crippen molar-refractivity contribution in [1.82, 2.24) is 0 Å². The van der Waals surface area contributed by atoms with Gasteiger partial charge in [-0.25, -0.2) is 0 Å². The second-order valence-electron chi connectivity index (χ2n) is 6.06. The van der Waals surface area contributed by atoms with Gasteiger partial charge >= 0.3 is 0 Å². The quantitative estimate of drug-likeness (QED) is 0.563. The van der Waals surface area contributed by atoms with Gasteiger partial charge in [0.2, 0.25) is 0 Å². The van der Waals surface area contributed by atoms with E-state index in [4.69, 9.17) is 4.74 Å². The van der Waals surface area contributed by atoms with E-state index in [1.807, 2.05) is 30.5 Å². The van der Waals surface area contributed by atoms with Gasteiger partial charge in [0.05, 0.1) is 12.3 Å². The van der Waals surface area contributed by atoms with Gasteiger partial charge in [0.1, 0.15) is 5.75 Å². The Morgan fingerprint density at radius 2 is 1.70 bits per heavy atom. The number of rotatable bonds is 8. The molecule has 0 spiro atoms. The number of hydrogen-bond acceptors (Lipinski definition) is 2. The number of ether oxygens (including phenoxy) is 1. The van der Waals surface area contributed by atoms with Crippen molar-refractivity contribution in [2.24, 2.45) is 10.9 Å². The third-order valence-corrected chi connectivity index (χ3v) is 3.93. The summed E-state index contributed by atoms with van der Waals surface area (Å²) in [6.07, 6.45) is 5.28. The molecule has 2 aromatic carbocycles. The Labute approximate surface area is 140 Å². The summed E-state index contributed by atoms with van der Waals surface area (Å²) in [6.45, 7) is 7.40. The highest BCUT2D eigenvalue weighted by molar-refractivity contribution is 5.82. The van der Waals surface area contributed by atoms with E-state index in [1.165, 1.54) is 12.0 Å². The lowest BCUT2D eigenvalue weighted by Crippen LogP contribution is -1.96. The molecule has 0 bridgehead atoms. The van der Waals surface area contributed by atoms with Crippen LogP contribution in [-0.4, -0.2) is 12.8 Å². The third kappa shape index (κ3) is 5.90. The number of benzene rings is 2. The monoisotopic (exact) mass is 309 g/mol. The van der Waals surface area contributed by atoms with Crippen molar-refractivity contribution < 1.29 is 4.74 Å². The van der Waals surface area contributed by atoms with E-state index in [0.717, 1.165) is 42.4 Å². The zero-order valence-electron chi connectivity index (χ0n) is 14.5. The molecule has 0 aliphatic rings. The molecule has 122 valence electrons. The maximum atomic E-state index is 5.58. The van der Waals surface area contributed by atoms with Crippen molar-refractivity contribution in [1.29, 1.82) is 0 Å². The van der Waals surface area contributed by atoms with Crippen LogP contribution in [0.1, 0.15) is 44.7 Å². The molecule has 0 saturated heterocycles.